The van der Waals surface area contributed by atoms with E-state index in [1.807, 2.05) is 55.5 Å². The van der Waals surface area contributed by atoms with Crippen LogP contribution in [0.25, 0.3) is 0 Å². The number of ether oxygens (including phenoxy) is 1. The molecule has 0 aliphatic heterocycles. The molecule has 2 aromatic carbocycles. The molecule has 0 bridgehead atoms. The maximum absolute atomic E-state index is 5.84. The Bertz CT molecular complexity index is 873. The van der Waals surface area contributed by atoms with Gasteiger partial charge >= 0.3 is 0 Å². The zero-order valence-electron chi connectivity index (χ0n) is 13.2. The number of nitrogens with two attached hydrogens (primary N) is 1. The largest absolute Gasteiger partial charge is 0.489 e. The molecule has 0 saturated carbocycles. The number of hydrogen-bond acceptors (Lipinski definition) is 4. The second-order valence-electron chi connectivity index (χ2n) is 5.32. The molecule has 1 aromatic heterocycles. The number of nitrogens with zero attached hydrogens (tertiary/aromatic N) is 3. The molecule has 5 nitrogen and oxygen atoms in total. The first-order chi connectivity index (χ1) is 11.6. The van der Waals surface area contributed by atoms with Crippen LogP contribution in [0.2, 0.25) is 0 Å². The molecule has 0 fully saturated rings. The number of anilines is 1. The molecule has 1 heterocycles. The molecule has 0 aliphatic carbocycles. The van der Waals surface area contributed by atoms with Crippen molar-refractivity contribution in [2.45, 2.75) is 13.5 Å². The minimum atomic E-state index is 0.366. The molecule has 2 N–H and O–H groups in total. The van der Waals surface area contributed by atoms with Gasteiger partial charge in [0.05, 0.1) is 18.1 Å². The first-order valence-electron chi connectivity index (χ1n) is 7.43. The lowest BCUT2D eigenvalue weighted by molar-refractivity contribution is 0.306. The summed E-state index contributed by atoms with van der Waals surface area (Å²) in [6.07, 6.45) is 3.50. The zero-order valence-corrected chi connectivity index (χ0v) is 14.8. The molecular formula is C18H17BrN4O. The molecule has 0 radical (unpaired) electrons. The minimum absolute atomic E-state index is 0.366. The van der Waals surface area contributed by atoms with E-state index < -0.39 is 0 Å². The Labute approximate surface area is 148 Å². The van der Waals surface area contributed by atoms with Gasteiger partial charge in [-0.05, 0) is 42.3 Å². The zero-order chi connectivity index (χ0) is 16.9. The lowest BCUT2D eigenvalue weighted by Crippen LogP contribution is -1.98. The Morgan fingerprint density at radius 2 is 2.08 bits per heavy atom. The lowest BCUT2D eigenvalue weighted by atomic mass is 10.2. The number of rotatable bonds is 5. The molecule has 0 amide bonds. The van der Waals surface area contributed by atoms with Gasteiger partial charge in [-0.1, -0.05) is 40.2 Å². The van der Waals surface area contributed by atoms with Crippen molar-refractivity contribution in [3.8, 4) is 5.75 Å². The fourth-order valence-corrected chi connectivity index (χ4v) is 2.65. The summed E-state index contributed by atoms with van der Waals surface area (Å²) in [5.74, 6) is 1.15. The monoisotopic (exact) mass is 384 g/mol. The average molecular weight is 385 g/mol. The van der Waals surface area contributed by atoms with Crippen LogP contribution in [-0.4, -0.2) is 15.9 Å². The third kappa shape index (κ3) is 4.23. The summed E-state index contributed by atoms with van der Waals surface area (Å²) in [6, 6.07) is 15.8. The molecule has 6 heteroatoms. The highest BCUT2D eigenvalue weighted by Crippen LogP contribution is 2.17. The highest BCUT2D eigenvalue weighted by molar-refractivity contribution is 9.10. The molecule has 122 valence electrons. The number of hydrogen-bond donors (Lipinski definition) is 1. The van der Waals surface area contributed by atoms with Gasteiger partial charge in [-0.2, -0.15) is 5.10 Å². The Balaban J connectivity index is 1.69. The van der Waals surface area contributed by atoms with Gasteiger partial charge in [0.2, 0.25) is 5.95 Å². The van der Waals surface area contributed by atoms with Crippen LogP contribution in [0, 0.1) is 6.92 Å². The second-order valence-corrected chi connectivity index (χ2v) is 6.24. The number of imidazole rings is 1. The molecule has 0 unspecified atom stereocenters. The molecule has 0 saturated heterocycles. The minimum Gasteiger partial charge on any atom is -0.489 e. The summed E-state index contributed by atoms with van der Waals surface area (Å²) in [6.45, 7) is 2.38. The Morgan fingerprint density at radius 3 is 2.83 bits per heavy atom. The normalized spacial score (nSPS) is 11.1. The number of halogens is 1. The smallest absolute Gasteiger partial charge is 0.221 e. The second kappa shape index (κ2) is 7.31. The molecule has 0 aliphatic rings. The van der Waals surface area contributed by atoms with Crippen molar-refractivity contribution < 1.29 is 4.74 Å². The molecule has 3 rings (SSSR count). The van der Waals surface area contributed by atoms with Crippen LogP contribution in [0.5, 0.6) is 5.75 Å². The van der Waals surface area contributed by atoms with Crippen molar-refractivity contribution in [3.05, 3.63) is 76.0 Å². The summed E-state index contributed by atoms with van der Waals surface area (Å²) in [5, 5.41) is 4.31. The first kappa shape index (κ1) is 16.3. The third-order valence-electron chi connectivity index (χ3n) is 3.32. The average Bonchev–Trinajstić information content (AvgIpc) is 2.89. The van der Waals surface area contributed by atoms with E-state index in [1.54, 1.807) is 17.1 Å². The van der Waals surface area contributed by atoms with Crippen LogP contribution in [0.1, 0.15) is 16.8 Å². The lowest BCUT2D eigenvalue weighted by Gasteiger charge is -2.07. The maximum Gasteiger partial charge on any atom is 0.221 e. The van der Waals surface area contributed by atoms with Gasteiger partial charge in [0.15, 0.2) is 0 Å². The highest BCUT2D eigenvalue weighted by atomic mass is 79.9. The van der Waals surface area contributed by atoms with Crippen molar-refractivity contribution >= 4 is 28.1 Å². The summed E-state index contributed by atoms with van der Waals surface area (Å²) >= 11 is 3.46. The van der Waals surface area contributed by atoms with E-state index in [1.165, 1.54) is 0 Å². The van der Waals surface area contributed by atoms with Crippen molar-refractivity contribution in [2.75, 3.05) is 5.73 Å². The van der Waals surface area contributed by atoms with Gasteiger partial charge in [0.25, 0.3) is 0 Å². The van der Waals surface area contributed by atoms with E-state index >= 15 is 0 Å². The first-order valence-corrected chi connectivity index (χ1v) is 8.22. The highest BCUT2D eigenvalue weighted by Gasteiger charge is 2.00. The maximum atomic E-state index is 5.84. The SMILES string of the molecule is Cc1cn(N=Cc2cccc(OCc3cccc(Br)c3)c2)c(N)n1. The Morgan fingerprint density at radius 1 is 1.25 bits per heavy atom. The van der Waals surface area contributed by atoms with Crippen molar-refractivity contribution in [1.82, 2.24) is 9.66 Å². The van der Waals surface area contributed by atoms with Gasteiger partial charge in [0.1, 0.15) is 12.4 Å². The number of nitrogen functional groups attached to an aromatic ring is 1. The van der Waals surface area contributed by atoms with Crippen molar-refractivity contribution in [1.29, 1.82) is 0 Å². The fraction of sp³-hybridized carbons (Fsp3) is 0.111. The summed E-state index contributed by atoms with van der Waals surface area (Å²) in [7, 11) is 0. The molecule has 0 atom stereocenters. The fourth-order valence-electron chi connectivity index (χ4n) is 2.20. The Hall–Kier alpha value is -2.60. The van der Waals surface area contributed by atoms with Gasteiger partial charge in [0, 0.05) is 4.47 Å². The van der Waals surface area contributed by atoms with Crippen LogP contribution >= 0.6 is 15.9 Å². The quantitative estimate of drug-likeness (QED) is 0.676. The molecular weight excluding hydrogens is 368 g/mol. The van der Waals surface area contributed by atoms with Gasteiger partial charge < -0.3 is 10.5 Å². The van der Waals surface area contributed by atoms with Crippen LogP contribution in [-0.2, 0) is 6.61 Å². The third-order valence-corrected chi connectivity index (χ3v) is 3.81. The topological polar surface area (TPSA) is 65.4 Å². The van der Waals surface area contributed by atoms with Crippen LogP contribution in [0.4, 0.5) is 5.95 Å². The van der Waals surface area contributed by atoms with Gasteiger partial charge in [-0.25, -0.2) is 9.66 Å². The van der Waals surface area contributed by atoms with Gasteiger partial charge in [-0.15, -0.1) is 0 Å². The van der Waals surface area contributed by atoms with E-state index in [4.69, 9.17) is 10.5 Å². The van der Waals surface area contributed by atoms with E-state index in [9.17, 15) is 0 Å². The predicted octanol–water partition coefficient (Wildman–Crippen LogP) is 4.00. The number of aryl methyl sites for hydroxylation is 1. The Kier molecular flexibility index (Phi) is 4.96. The van der Waals surface area contributed by atoms with Crippen LogP contribution in [0.15, 0.2) is 64.3 Å². The number of benzene rings is 2. The standard InChI is InChI=1S/C18H17BrN4O/c1-13-11-23(18(20)22-13)21-10-14-4-3-7-17(9-14)24-12-15-5-2-6-16(19)8-15/h2-11H,12H2,1H3,(H2,20,22). The van der Waals surface area contributed by atoms with Crippen molar-refractivity contribution in [3.63, 3.8) is 0 Å². The van der Waals surface area contributed by atoms with Crippen LogP contribution in [0.3, 0.4) is 0 Å². The summed E-state index contributed by atoms with van der Waals surface area (Å²) < 4.78 is 8.43. The molecule has 0 spiro atoms. The van der Waals surface area contributed by atoms with Crippen molar-refractivity contribution in [2.24, 2.45) is 5.10 Å². The predicted molar refractivity (Wildman–Crippen MR) is 99.3 cm³/mol. The molecule has 24 heavy (non-hydrogen) atoms. The van der Waals surface area contributed by atoms with E-state index in [0.717, 1.165) is 27.0 Å². The molecule has 3 aromatic rings. The number of aromatic nitrogens is 2. The van der Waals surface area contributed by atoms with E-state index in [0.29, 0.717) is 12.6 Å². The van der Waals surface area contributed by atoms with E-state index in [-0.39, 0.29) is 0 Å². The summed E-state index contributed by atoms with van der Waals surface area (Å²) in [5.41, 5.74) is 8.62. The van der Waals surface area contributed by atoms with Crippen LogP contribution < -0.4 is 10.5 Å². The van der Waals surface area contributed by atoms with Gasteiger partial charge in [-0.3, -0.25) is 0 Å². The van der Waals surface area contributed by atoms with E-state index in [2.05, 4.69) is 26.0 Å². The summed E-state index contributed by atoms with van der Waals surface area (Å²) in [4.78, 5) is 4.11.